The molecule has 0 amide bonds. The van der Waals surface area contributed by atoms with Gasteiger partial charge >= 0.3 is 0 Å². The Kier molecular flexibility index (Phi) is 4.82. The van der Waals surface area contributed by atoms with Crippen LogP contribution in [-0.2, 0) is 21.0 Å². The Bertz CT molecular complexity index is 1240. The van der Waals surface area contributed by atoms with Crippen molar-refractivity contribution in [1.29, 1.82) is 0 Å². The molecule has 1 heterocycles. The molecule has 6 rings (SSSR count). The largest absolute Gasteiger partial charge is 0.385 e. The molecule has 4 nitrogen and oxygen atoms in total. The zero-order valence-electron chi connectivity index (χ0n) is 20.2. The number of nitrogens with zero attached hydrogens (tertiary/aromatic N) is 1. The number of rotatable bonds is 4. The Balaban J connectivity index is 1.29. The zero-order valence-corrected chi connectivity index (χ0v) is 21.0. The molecule has 1 N–H and O–H groups in total. The fourth-order valence-corrected chi connectivity index (χ4v) is 10.4. The standard InChI is InChI=1S/C29H35NO3S/c1-26(2)24-13-15-28(26,29(31,20-24)23-9-4-3-5-10-23)21-34(32,33)30-18-16-27(17-19-30)14-12-22-8-6-7-11-25(22)27/h3-12,14,24,31H,13,15-21H2,1-2H3/t24?,28-,29-/m0/s1. The van der Waals surface area contributed by atoms with Crippen LogP contribution in [0.3, 0.4) is 0 Å². The first kappa shape index (κ1) is 22.5. The predicted molar refractivity (Wildman–Crippen MR) is 136 cm³/mol. The second-order valence-corrected chi connectivity index (χ2v) is 13.7. The van der Waals surface area contributed by atoms with Gasteiger partial charge in [-0.15, -0.1) is 0 Å². The highest BCUT2D eigenvalue weighted by Crippen LogP contribution is 2.73. The summed E-state index contributed by atoms with van der Waals surface area (Å²) in [4.78, 5) is 0. The fourth-order valence-electron chi connectivity index (χ4n) is 8.07. The molecule has 34 heavy (non-hydrogen) atoms. The highest BCUT2D eigenvalue weighted by atomic mass is 32.2. The van der Waals surface area contributed by atoms with Gasteiger partial charge < -0.3 is 5.11 Å². The summed E-state index contributed by atoms with van der Waals surface area (Å²) in [6, 6.07) is 18.3. The monoisotopic (exact) mass is 477 g/mol. The van der Waals surface area contributed by atoms with Crippen molar-refractivity contribution in [2.45, 2.75) is 57.0 Å². The van der Waals surface area contributed by atoms with Crippen LogP contribution in [-0.4, -0.2) is 36.7 Å². The molecular weight excluding hydrogens is 442 g/mol. The number of hydrogen-bond acceptors (Lipinski definition) is 3. The minimum absolute atomic E-state index is 0.0221. The van der Waals surface area contributed by atoms with E-state index in [1.54, 1.807) is 4.31 Å². The van der Waals surface area contributed by atoms with Gasteiger partial charge in [0, 0.05) is 23.9 Å². The number of piperidine rings is 1. The molecule has 1 spiro atoms. The van der Waals surface area contributed by atoms with Crippen molar-refractivity contribution in [3.05, 3.63) is 77.4 Å². The maximum Gasteiger partial charge on any atom is 0.214 e. The summed E-state index contributed by atoms with van der Waals surface area (Å²) in [5.74, 6) is 0.353. The van der Waals surface area contributed by atoms with Gasteiger partial charge in [-0.05, 0) is 60.1 Å². The minimum Gasteiger partial charge on any atom is -0.385 e. The third kappa shape index (κ3) is 2.87. The van der Waals surface area contributed by atoms with Crippen molar-refractivity contribution in [3.63, 3.8) is 0 Å². The van der Waals surface area contributed by atoms with E-state index in [1.807, 2.05) is 30.3 Å². The van der Waals surface area contributed by atoms with E-state index in [2.05, 4.69) is 50.3 Å². The molecule has 2 aromatic rings. The zero-order chi connectivity index (χ0) is 23.8. The summed E-state index contributed by atoms with van der Waals surface area (Å²) < 4.78 is 29.7. The van der Waals surface area contributed by atoms with Crippen molar-refractivity contribution in [2.24, 2.45) is 16.7 Å². The van der Waals surface area contributed by atoms with Gasteiger partial charge in [0.25, 0.3) is 0 Å². The molecule has 1 saturated heterocycles. The summed E-state index contributed by atoms with van der Waals surface area (Å²) in [5, 5.41) is 12.2. The Morgan fingerprint density at radius 2 is 1.65 bits per heavy atom. The van der Waals surface area contributed by atoms with Gasteiger partial charge in [-0.2, -0.15) is 0 Å². The maximum atomic E-state index is 14.0. The molecule has 3 atom stereocenters. The molecule has 2 aromatic carbocycles. The lowest BCUT2D eigenvalue weighted by Crippen LogP contribution is -2.54. The number of sulfonamides is 1. The molecular formula is C29H35NO3S. The second-order valence-electron chi connectivity index (χ2n) is 11.7. The fraction of sp³-hybridized carbons (Fsp3) is 0.517. The highest BCUT2D eigenvalue weighted by Gasteiger charge is 2.72. The Morgan fingerprint density at radius 3 is 2.35 bits per heavy atom. The van der Waals surface area contributed by atoms with E-state index in [9.17, 15) is 13.5 Å². The molecule has 180 valence electrons. The number of hydrogen-bond donors (Lipinski definition) is 1. The van der Waals surface area contributed by atoms with E-state index >= 15 is 0 Å². The first-order valence-corrected chi connectivity index (χ1v) is 14.3. The van der Waals surface area contributed by atoms with Gasteiger partial charge in [0.15, 0.2) is 0 Å². The van der Waals surface area contributed by atoms with Crippen LogP contribution in [0.5, 0.6) is 0 Å². The summed E-state index contributed by atoms with van der Waals surface area (Å²) in [7, 11) is -3.54. The maximum absolute atomic E-state index is 14.0. The smallest absolute Gasteiger partial charge is 0.214 e. The first-order valence-electron chi connectivity index (χ1n) is 12.7. The van der Waals surface area contributed by atoms with Crippen LogP contribution in [0.1, 0.15) is 62.6 Å². The Morgan fingerprint density at radius 1 is 0.971 bits per heavy atom. The lowest BCUT2D eigenvalue weighted by atomic mass is 9.62. The van der Waals surface area contributed by atoms with Gasteiger partial charge in [0.05, 0.1) is 11.4 Å². The van der Waals surface area contributed by atoms with Crippen molar-refractivity contribution in [2.75, 3.05) is 18.8 Å². The summed E-state index contributed by atoms with van der Waals surface area (Å²) in [6.07, 6.45) is 8.48. The van der Waals surface area contributed by atoms with Crippen LogP contribution in [0.2, 0.25) is 0 Å². The van der Waals surface area contributed by atoms with Gasteiger partial charge in [-0.25, -0.2) is 12.7 Å². The van der Waals surface area contributed by atoms with E-state index in [0.29, 0.717) is 25.4 Å². The molecule has 5 heteroatoms. The number of allylic oxidation sites excluding steroid dienone is 1. The number of benzene rings is 2. The van der Waals surface area contributed by atoms with E-state index in [0.717, 1.165) is 31.2 Å². The van der Waals surface area contributed by atoms with Gasteiger partial charge in [-0.3, -0.25) is 0 Å². The topological polar surface area (TPSA) is 57.6 Å². The molecule has 3 fully saturated rings. The molecule has 0 aromatic heterocycles. The third-order valence-electron chi connectivity index (χ3n) is 10.3. The van der Waals surface area contributed by atoms with Crippen molar-refractivity contribution < 1.29 is 13.5 Å². The van der Waals surface area contributed by atoms with Crippen molar-refractivity contribution in [1.82, 2.24) is 4.31 Å². The average molecular weight is 478 g/mol. The van der Waals surface area contributed by atoms with Crippen LogP contribution in [0, 0.1) is 16.7 Å². The Labute approximate surface area is 203 Å². The summed E-state index contributed by atoms with van der Waals surface area (Å²) in [6.45, 7) is 5.44. The summed E-state index contributed by atoms with van der Waals surface area (Å²) in [5.41, 5.74) is 1.38. The van der Waals surface area contributed by atoms with Crippen LogP contribution in [0.25, 0.3) is 6.08 Å². The molecule has 4 aliphatic rings. The molecule has 2 saturated carbocycles. The van der Waals surface area contributed by atoms with E-state index in [4.69, 9.17) is 0 Å². The highest BCUT2D eigenvalue weighted by molar-refractivity contribution is 7.89. The van der Waals surface area contributed by atoms with Crippen LogP contribution in [0.4, 0.5) is 0 Å². The van der Waals surface area contributed by atoms with Crippen LogP contribution >= 0.6 is 0 Å². The van der Waals surface area contributed by atoms with E-state index in [-0.39, 0.29) is 16.6 Å². The molecule has 1 aliphatic heterocycles. The van der Waals surface area contributed by atoms with Gasteiger partial charge in [0.2, 0.25) is 10.0 Å². The normalized spacial score (nSPS) is 33.4. The second kappa shape index (κ2) is 7.28. The Hall–Kier alpha value is -1.95. The van der Waals surface area contributed by atoms with Crippen molar-refractivity contribution >= 4 is 16.1 Å². The molecule has 1 unspecified atom stereocenters. The quantitative estimate of drug-likeness (QED) is 0.667. The predicted octanol–water partition coefficient (Wildman–Crippen LogP) is 5.09. The van der Waals surface area contributed by atoms with Gasteiger partial charge in [0.1, 0.15) is 0 Å². The number of aliphatic hydroxyl groups is 1. The first-order chi connectivity index (χ1) is 16.1. The summed E-state index contributed by atoms with van der Waals surface area (Å²) >= 11 is 0. The third-order valence-corrected chi connectivity index (χ3v) is 12.3. The van der Waals surface area contributed by atoms with E-state index < -0.39 is 21.0 Å². The van der Waals surface area contributed by atoms with Crippen molar-refractivity contribution in [3.8, 4) is 0 Å². The minimum atomic E-state index is -3.54. The lowest BCUT2D eigenvalue weighted by Gasteiger charge is -2.49. The van der Waals surface area contributed by atoms with E-state index in [1.165, 1.54) is 11.1 Å². The molecule has 2 bridgehead atoms. The number of fused-ring (bicyclic) bond motifs is 4. The van der Waals surface area contributed by atoms with Crippen LogP contribution in [0.15, 0.2) is 60.7 Å². The van der Waals surface area contributed by atoms with Gasteiger partial charge in [-0.1, -0.05) is 80.6 Å². The molecule has 0 radical (unpaired) electrons. The SMILES string of the molecule is CC1(C)C2CC[C@@]1(CS(=O)(=O)N1CCC3(C=Cc4ccccc43)CC1)[C@@](O)(c1ccccc1)C2. The average Bonchev–Trinajstić information content (AvgIpc) is 3.36. The lowest BCUT2D eigenvalue weighted by molar-refractivity contribution is -0.0939. The van der Waals surface area contributed by atoms with Crippen LogP contribution < -0.4 is 0 Å². The molecule has 3 aliphatic carbocycles.